The Balaban J connectivity index is 2.41. The highest BCUT2D eigenvalue weighted by Crippen LogP contribution is 2.59. The third-order valence-corrected chi connectivity index (χ3v) is 7.11. The van der Waals surface area contributed by atoms with Crippen LogP contribution in [0.2, 0.25) is 0 Å². The molecular weight excluding hydrogens is 270 g/mol. The zero-order chi connectivity index (χ0) is 16.7. The smallest absolute Gasteiger partial charge is 0.0465 e. The fraction of sp³-hybridized carbons (Fsp3) is 0.800. The summed E-state index contributed by atoms with van der Waals surface area (Å²) in [6, 6.07) is 0.531. The van der Waals surface area contributed by atoms with Gasteiger partial charge in [0.1, 0.15) is 0 Å². The molecule has 2 nitrogen and oxygen atoms in total. The predicted molar refractivity (Wildman–Crippen MR) is 94.8 cm³/mol. The molecule has 126 valence electrons. The molecule has 0 aromatic heterocycles. The van der Waals surface area contributed by atoms with Crippen LogP contribution in [0.1, 0.15) is 67.7 Å². The Labute approximate surface area is 137 Å². The number of nitrogens with one attached hydrogen (secondary N) is 1. The monoisotopic (exact) mass is 305 g/mol. The summed E-state index contributed by atoms with van der Waals surface area (Å²) in [5.74, 6) is 0.675. The first-order chi connectivity index (χ1) is 10.2. The molecule has 0 aromatic rings. The van der Waals surface area contributed by atoms with Gasteiger partial charge >= 0.3 is 0 Å². The van der Waals surface area contributed by atoms with Gasteiger partial charge in [0.2, 0.25) is 0 Å². The van der Waals surface area contributed by atoms with Crippen LogP contribution in [0, 0.1) is 16.7 Å². The number of piperidine rings is 1. The highest BCUT2D eigenvalue weighted by Gasteiger charge is 2.49. The molecule has 2 unspecified atom stereocenters. The first-order valence-electron chi connectivity index (χ1n) is 8.88. The maximum atomic E-state index is 5.31. The van der Waals surface area contributed by atoms with Crippen molar-refractivity contribution in [3.63, 3.8) is 0 Å². The van der Waals surface area contributed by atoms with Gasteiger partial charge in [0, 0.05) is 30.9 Å². The largest absolute Gasteiger partial charge is 0.385 e. The van der Waals surface area contributed by atoms with Gasteiger partial charge in [-0.2, -0.15) is 0 Å². The molecule has 2 rings (SSSR count). The van der Waals surface area contributed by atoms with E-state index in [1.54, 1.807) is 23.8 Å². The van der Waals surface area contributed by atoms with E-state index in [4.69, 9.17) is 4.74 Å². The van der Waals surface area contributed by atoms with E-state index in [9.17, 15) is 0 Å². The van der Waals surface area contributed by atoms with Crippen LogP contribution in [0.25, 0.3) is 0 Å². The SMILES string of the molecule is CCC(C)(C)[C@@]1(C)C(C)=C2CC(CCOC)C(C)NC2=C1C. The fourth-order valence-corrected chi connectivity index (χ4v) is 4.47. The van der Waals surface area contributed by atoms with Crippen LogP contribution >= 0.6 is 0 Å². The summed E-state index contributed by atoms with van der Waals surface area (Å²) in [6.07, 6.45) is 3.54. The van der Waals surface area contributed by atoms with Gasteiger partial charge in [-0.1, -0.05) is 33.3 Å². The van der Waals surface area contributed by atoms with Gasteiger partial charge in [-0.15, -0.1) is 0 Å². The minimum absolute atomic E-state index is 0.176. The molecule has 0 amide bonds. The van der Waals surface area contributed by atoms with Crippen LogP contribution in [0.3, 0.4) is 0 Å². The maximum Gasteiger partial charge on any atom is 0.0465 e. The first-order valence-corrected chi connectivity index (χ1v) is 8.88. The van der Waals surface area contributed by atoms with Gasteiger partial charge in [0.15, 0.2) is 0 Å². The predicted octanol–water partition coefficient (Wildman–Crippen LogP) is 5.07. The van der Waals surface area contributed by atoms with Gasteiger partial charge in [0.25, 0.3) is 0 Å². The molecule has 1 aliphatic heterocycles. The summed E-state index contributed by atoms with van der Waals surface area (Å²) in [4.78, 5) is 0. The Hall–Kier alpha value is -0.760. The van der Waals surface area contributed by atoms with Crippen molar-refractivity contribution >= 4 is 0 Å². The van der Waals surface area contributed by atoms with Gasteiger partial charge in [0.05, 0.1) is 0 Å². The molecule has 0 spiro atoms. The van der Waals surface area contributed by atoms with Crippen molar-refractivity contribution in [2.24, 2.45) is 16.7 Å². The van der Waals surface area contributed by atoms with E-state index in [1.807, 2.05) is 0 Å². The minimum Gasteiger partial charge on any atom is -0.385 e. The van der Waals surface area contributed by atoms with E-state index >= 15 is 0 Å². The molecule has 1 aliphatic carbocycles. The number of rotatable bonds is 5. The molecule has 22 heavy (non-hydrogen) atoms. The van der Waals surface area contributed by atoms with Crippen molar-refractivity contribution < 1.29 is 4.74 Å². The van der Waals surface area contributed by atoms with Crippen molar-refractivity contribution in [2.45, 2.75) is 73.8 Å². The van der Waals surface area contributed by atoms with Crippen molar-refractivity contribution in [3.8, 4) is 0 Å². The molecule has 3 atom stereocenters. The van der Waals surface area contributed by atoms with Gasteiger partial charge in [-0.05, 0) is 62.5 Å². The molecule has 0 aromatic carbocycles. The Bertz CT molecular complexity index is 500. The number of ether oxygens (including phenoxy) is 1. The number of allylic oxidation sites excluding steroid dienone is 3. The topological polar surface area (TPSA) is 21.3 Å². The maximum absolute atomic E-state index is 5.31. The molecule has 1 fully saturated rings. The molecule has 1 N–H and O–H groups in total. The standard InChI is InChI=1S/C20H35NO/c1-9-19(5,6)20(7)13(2)17-12-16(10-11-22-8)15(4)21-18(17)14(20)3/h15-16,21H,9-12H2,1-8H3/t15?,16?,20-/m0/s1. The van der Waals surface area contributed by atoms with Crippen molar-refractivity contribution in [1.29, 1.82) is 0 Å². The van der Waals surface area contributed by atoms with Crippen molar-refractivity contribution in [3.05, 3.63) is 22.4 Å². The van der Waals surface area contributed by atoms with Gasteiger partial charge in [-0.3, -0.25) is 0 Å². The summed E-state index contributed by atoms with van der Waals surface area (Å²) in [7, 11) is 1.80. The van der Waals surface area contributed by atoms with E-state index in [1.165, 1.54) is 18.5 Å². The van der Waals surface area contributed by atoms with Crippen LogP contribution in [-0.4, -0.2) is 19.8 Å². The number of hydrogen-bond donors (Lipinski definition) is 1. The summed E-state index contributed by atoms with van der Waals surface area (Å²) >= 11 is 0. The minimum atomic E-state index is 0.176. The lowest BCUT2D eigenvalue weighted by Crippen LogP contribution is -2.39. The summed E-state index contributed by atoms with van der Waals surface area (Å²) in [5, 5.41) is 3.84. The second-order valence-corrected chi connectivity index (χ2v) is 8.14. The van der Waals surface area contributed by atoms with Crippen molar-refractivity contribution in [1.82, 2.24) is 5.32 Å². The average Bonchev–Trinajstić information content (AvgIpc) is 2.68. The lowest BCUT2D eigenvalue weighted by atomic mass is 9.59. The number of hydrogen-bond acceptors (Lipinski definition) is 2. The molecule has 0 saturated carbocycles. The summed E-state index contributed by atoms with van der Waals surface area (Å²) < 4.78 is 5.31. The second-order valence-electron chi connectivity index (χ2n) is 8.14. The van der Waals surface area contributed by atoms with Gasteiger partial charge < -0.3 is 10.1 Å². The molecule has 0 bridgehead atoms. The zero-order valence-electron chi connectivity index (χ0n) is 15.9. The molecule has 2 heteroatoms. The highest BCUT2D eigenvalue weighted by atomic mass is 16.5. The summed E-state index contributed by atoms with van der Waals surface area (Å²) in [6.45, 7) is 17.5. The molecule has 2 aliphatic rings. The zero-order valence-corrected chi connectivity index (χ0v) is 15.9. The van der Waals surface area contributed by atoms with E-state index in [0.29, 0.717) is 12.0 Å². The normalized spacial score (nSPS) is 32.4. The lowest BCUT2D eigenvalue weighted by Gasteiger charge is -2.44. The Morgan fingerprint density at radius 2 is 1.91 bits per heavy atom. The Morgan fingerprint density at radius 3 is 2.45 bits per heavy atom. The van der Waals surface area contributed by atoms with E-state index in [2.05, 4.69) is 53.8 Å². The molecule has 1 saturated heterocycles. The third kappa shape index (κ3) is 2.44. The third-order valence-electron chi connectivity index (χ3n) is 7.11. The Morgan fingerprint density at radius 1 is 1.27 bits per heavy atom. The van der Waals surface area contributed by atoms with Crippen molar-refractivity contribution in [2.75, 3.05) is 13.7 Å². The number of fused-ring (bicyclic) bond motifs is 1. The molecular formula is C20H35NO. The van der Waals surface area contributed by atoms with E-state index in [0.717, 1.165) is 13.0 Å². The Kier molecular flexibility index (Phi) is 4.82. The van der Waals surface area contributed by atoms with Crippen LogP contribution in [0.4, 0.5) is 0 Å². The van der Waals surface area contributed by atoms with E-state index in [-0.39, 0.29) is 10.8 Å². The van der Waals surface area contributed by atoms with Crippen LogP contribution in [-0.2, 0) is 4.74 Å². The van der Waals surface area contributed by atoms with Gasteiger partial charge in [-0.25, -0.2) is 0 Å². The van der Waals surface area contributed by atoms with Crippen LogP contribution in [0.15, 0.2) is 22.4 Å². The van der Waals surface area contributed by atoms with E-state index < -0.39 is 0 Å². The second kappa shape index (κ2) is 6.03. The quantitative estimate of drug-likeness (QED) is 0.766. The highest BCUT2D eigenvalue weighted by molar-refractivity contribution is 5.53. The summed E-state index contributed by atoms with van der Waals surface area (Å²) in [5.41, 5.74) is 6.63. The molecule has 1 heterocycles. The lowest BCUT2D eigenvalue weighted by molar-refractivity contribution is 0.165. The first kappa shape index (κ1) is 17.6. The van der Waals surface area contributed by atoms with Crippen LogP contribution in [0.5, 0.6) is 0 Å². The van der Waals surface area contributed by atoms with Crippen LogP contribution < -0.4 is 5.32 Å². The average molecular weight is 306 g/mol. The fourth-order valence-electron chi connectivity index (χ4n) is 4.47. The molecule has 0 radical (unpaired) electrons. The number of methoxy groups -OCH3 is 1.